The number of piperazine rings is 1. The zero-order chi connectivity index (χ0) is 21.8. The Labute approximate surface area is 184 Å². The SMILES string of the molecule is C=CCN1C(=O)c2ccccc2N(CCCN2CCN(C)CC2)C(=O)c2ccccc21. The van der Waals surface area contributed by atoms with Gasteiger partial charge < -0.3 is 19.6 Å². The first-order chi connectivity index (χ1) is 15.1. The van der Waals surface area contributed by atoms with Crippen LogP contribution in [0.1, 0.15) is 27.1 Å². The molecule has 0 spiro atoms. The smallest absolute Gasteiger partial charge is 0.260 e. The molecule has 0 saturated carbocycles. The lowest BCUT2D eigenvalue weighted by molar-refractivity contribution is 0.0973. The van der Waals surface area contributed by atoms with Crippen LogP contribution >= 0.6 is 0 Å². The second-order valence-electron chi connectivity index (χ2n) is 8.19. The van der Waals surface area contributed by atoms with E-state index in [9.17, 15) is 9.59 Å². The Balaban J connectivity index is 1.64. The quantitative estimate of drug-likeness (QED) is 0.677. The highest BCUT2D eigenvalue weighted by Crippen LogP contribution is 2.32. The van der Waals surface area contributed by atoms with Crippen LogP contribution in [0.5, 0.6) is 0 Å². The number of rotatable bonds is 6. The molecule has 1 fully saturated rings. The second kappa shape index (κ2) is 9.45. The number of hydrogen-bond donors (Lipinski definition) is 0. The van der Waals surface area contributed by atoms with Crippen LogP contribution in [0, 0.1) is 0 Å². The summed E-state index contributed by atoms with van der Waals surface area (Å²) >= 11 is 0. The van der Waals surface area contributed by atoms with Crippen LogP contribution in [-0.4, -0.2) is 74.5 Å². The van der Waals surface area contributed by atoms with Crippen LogP contribution in [0.2, 0.25) is 0 Å². The van der Waals surface area contributed by atoms with E-state index in [4.69, 9.17) is 0 Å². The topological polar surface area (TPSA) is 47.1 Å². The molecule has 2 aliphatic heterocycles. The molecular weight excluding hydrogens is 388 g/mol. The lowest BCUT2D eigenvalue weighted by atomic mass is 10.0. The standard InChI is InChI=1S/C25H30N4O2/c1-3-13-28-22-11-6-4-9-20(22)25(31)29(23-12-7-5-10-21(23)24(28)30)15-8-14-27-18-16-26(2)17-19-27/h3-7,9-12H,1,8,13-19H2,2H3. The Morgan fingerprint density at radius 2 is 1.35 bits per heavy atom. The minimum Gasteiger partial charge on any atom is -0.307 e. The average molecular weight is 419 g/mol. The first-order valence-corrected chi connectivity index (χ1v) is 10.9. The highest BCUT2D eigenvalue weighted by molar-refractivity contribution is 6.20. The molecule has 2 aromatic rings. The van der Waals surface area contributed by atoms with Crippen molar-refractivity contribution in [2.75, 3.05) is 62.7 Å². The van der Waals surface area contributed by atoms with Gasteiger partial charge in [0.2, 0.25) is 0 Å². The molecule has 6 nitrogen and oxygen atoms in total. The molecule has 0 atom stereocenters. The number of likely N-dealkylation sites (N-methyl/N-ethyl adjacent to an activating group) is 1. The molecule has 2 aliphatic rings. The van der Waals surface area contributed by atoms with Gasteiger partial charge in [0, 0.05) is 39.3 Å². The Morgan fingerprint density at radius 3 is 1.97 bits per heavy atom. The number of benzene rings is 2. The molecule has 2 aromatic carbocycles. The number of carbonyl (C=O) groups excluding carboxylic acids is 2. The van der Waals surface area contributed by atoms with Gasteiger partial charge in [0.15, 0.2) is 0 Å². The largest absolute Gasteiger partial charge is 0.307 e. The van der Waals surface area contributed by atoms with E-state index in [0.717, 1.165) is 39.1 Å². The minimum absolute atomic E-state index is 0.0667. The van der Waals surface area contributed by atoms with E-state index in [1.807, 2.05) is 48.5 Å². The minimum atomic E-state index is -0.112. The summed E-state index contributed by atoms with van der Waals surface area (Å²) in [5.74, 6) is -0.178. The predicted octanol–water partition coefficient (Wildman–Crippen LogP) is 3.12. The first-order valence-electron chi connectivity index (χ1n) is 10.9. The fourth-order valence-corrected chi connectivity index (χ4v) is 4.35. The number of anilines is 2. The maximum atomic E-state index is 13.7. The van der Waals surface area contributed by atoms with Crippen molar-refractivity contribution in [3.05, 3.63) is 72.3 Å². The summed E-state index contributed by atoms with van der Waals surface area (Å²) in [5, 5.41) is 0. The van der Waals surface area contributed by atoms with E-state index in [1.165, 1.54) is 0 Å². The molecule has 0 bridgehead atoms. The van der Waals surface area contributed by atoms with Crippen molar-refractivity contribution >= 4 is 23.2 Å². The predicted molar refractivity (Wildman–Crippen MR) is 125 cm³/mol. The van der Waals surface area contributed by atoms with Gasteiger partial charge in [-0.15, -0.1) is 6.58 Å². The number of nitrogens with zero attached hydrogens (tertiary/aromatic N) is 4. The van der Waals surface area contributed by atoms with E-state index >= 15 is 0 Å². The molecule has 0 aliphatic carbocycles. The summed E-state index contributed by atoms with van der Waals surface area (Å²) in [5.41, 5.74) is 2.41. The second-order valence-corrected chi connectivity index (χ2v) is 8.19. The fraction of sp³-hybridized carbons (Fsp3) is 0.360. The third-order valence-electron chi connectivity index (χ3n) is 6.10. The zero-order valence-corrected chi connectivity index (χ0v) is 18.2. The third kappa shape index (κ3) is 4.40. The van der Waals surface area contributed by atoms with Crippen LogP contribution in [-0.2, 0) is 0 Å². The molecule has 6 heteroatoms. The van der Waals surface area contributed by atoms with Gasteiger partial charge in [-0.3, -0.25) is 9.59 Å². The average Bonchev–Trinajstić information content (AvgIpc) is 2.80. The number of fused-ring (bicyclic) bond motifs is 2. The van der Waals surface area contributed by atoms with Crippen molar-refractivity contribution < 1.29 is 9.59 Å². The molecule has 0 unspecified atom stereocenters. The van der Waals surface area contributed by atoms with Gasteiger partial charge in [-0.1, -0.05) is 30.3 Å². The van der Waals surface area contributed by atoms with Crippen molar-refractivity contribution in [1.29, 1.82) is 0 Å². The summed E-state index contributed by atoms with van der Waals surface area (Å²) in [4.78, 5) is 35.4. The van der Waals surface area contributed by atoms with Crippen LogP contribution in [0.15, 0.2) is 61.2 Å². The van der Waals surface area contributed by atoms with Crippen LogP contribution in [0.4, 0.5) is 11.4 Å². The molecule has 0 N–H and O–H groups in total. The lowest BCUT2D eigenvalue weighted by Crippen LogP contribution is -2.45. The Kier molecular flexibility index (Phi) is 6.49. The van der Waals surface area contributed by atoms with Crippen LogP contribution < -0.4 is 9.80 Å². The molecule has 0 radical (unpaired) electrons. The van der Waals surface area contributed by atoms with Crippen LogP contribution in [0.3, 0.4) is 0 Å². The van der Waals surface area contributed by atoms with Gasteiger partial charge in [-0.05, 0) is 44.3 Å². The maximum absolute atomic E-state index is 13.7. The molecule has 2 heterocycles. The Bertz CT molecular complexity index is 965. The van der Waals surface area contributed by atoms with Crippen molar-refractivity contribution in [3.63, 3.8) is 0 Å². The monoisotopic (exact) mass is 418 g/mol. The van der Waals surface area contributed by atoms with Crippen molar-refractivity contribution in [3.8, 4) is 0 Å². The molecule has 4 rings (SSSR count). The maximum Gasteiger partial charge on any atom is 0.260 e. The van der Waals surface area contributed by atoms with E-state index in [2.05, 4.69) is 23.4 Å². The summed E-state index contributed by atoms with van der Waals surface area (Å²) in [6.45, 7) is 9.92. The Morgan fingerprint density at radius 1 is 0.806 bits per heavy atom. The summed E-state index contributed by atoms with van der Waals surface area (Å²) < 4.78 is 0. The fourth-order valence-electron chi connectivity index (χ4n) is 4.35. The Hall–Kier alpha value is -2.96. The molecular formula is C25H30N4O2. The van der Waals surface area contributed by atoms with Gasteiger partial charge in [0.1, 0.15) is 0 Å². The molecule has 2 amide bonds. The molecule has 162 valence electrons. The summed E-state index contributed by atoms with van der Waals surface area (Å²) in [6.07, 6.45) is 2.55. The molecule has 31 heavy (non-hydrogen) atoms. The van der Waals surface area contributed by atoms with E-state index in [-0.39, 0.29) is 11.8 Å². The van der Waals surface area contributed by atoms with E-state index < -0.39 is 0 Å². The lowest BCUT2D eigenvalue weighted by Gasteiger charge is -2.34. The summed E-state index contributed by atoms with van der Waals surface area (Å²) in [7, 11) is 2.15. The van der Waals surface area contributed by atoms with Gasteiger partial charge in [0.05, 0.1) is 22.5 Å². The van der Waals surface area contributed by atoms with Crippen molar-refractivity contribution in [1.82, 2.24) is 9.80 Å². The third-order valence-corrected chi connectivity index (χ3v) is 6.10. The van der Waals surface area contributed by atoms with E-state index in [0.29, 0.717) is 35.6 Å². The van der Waals surface area contributed by atoms with Crippen LogP contribution in [0.25, 0.3) is 0 Å². The van der Waals surface area contributed by atoms with Gasteiger partial charge >= 0.3 is 0 Å². The zero-order valence-electron chi connectivity index (χ0n) is 18.2. The normalized spacial score (nSPS) is 17.7. The molecule has 0 aromatic heterocycles. The number of amides is 2. The summed E-state index contributed by atoms with van der Waals surface area (Å²) in [6, 6.07) is 14.8. The van der Waals surface area contributed by atoms with Crippen molar-refractivity contribution in [2.24, 2.45) is 0 Å². The van der Waals surface area contributed by atoms with E-state index in [1.54, 1.807) is 15.9 Å². The van der Waals surface area contributed by atoms with Crippen molar-refractivity contribution in [2.45, 2.75) is 6.42 Å². The highest BCUT2D eigenvalue weighted by atomic mass is 16.2. The first kappa shape index (κ1) is 21.3. The number of para-hydroxylation sites is 2. The number of hydrogen-bond acceptors (Lipinski definition) is 4. The van der Waals surface area contributed by atoms with Gasteiger partial charge in [-0.2, -0.15) is 0 Å². The van der Waals surface area contributed by atoms with Gasteiger partial charge in [-0.25, -0.2) is 0 Å². The highest BCUT2D eigenvalue weighted by Gasteiger charge is 2.32. The number of carbonyl (C=O) groups is 2. The van der Waals surface area contributed by atoms with Gasteiger partial charge in [0.25, 0.3) is 11.8 Å². The molecule has 1 saturated heterocycles.